The topological polar surface area (TPSA) is 78.3 Å². The van der Waals surface area contributed by atoms with E-state index in [1.807, 2.05) is 22.6 Å². The molecule has 7 heteroatoms. The van der Waals surface area contributed by atoms with Gasteiger partial charge in [0.2, 0.25) is 0 Å². The third kappa shape index (κ3) is 4.55. The lowest BCUT2D eigenvalue weighted by molar-refractivity contribution is -0.144. The Morgan fingerprint density at radius 1 is 1.44 bits per heavy atom. The van der Waals surface area contributed by atoms with Gasteiger partial charge in [0.25, 0.3) is 5.56 Å². The van der Waals surface area contributed by atoms with Crippen molar-refractivity contribution in [2.24, 2.45) is 0 Å². The van der Waals surface area contributed by atoms with Gasteiger partial charge in [-0.3, -0.25) is 19.0 Å². The number of nitrogens with zero attached hydrogens (tertiary/aromatic N) is 2. The lowest BCUT2D eigenvalue weighted by atomic mass is 10.2. The van der Waals surface area contributed by atoms with Crippen LogP contribution in [0.1, 0.15) is 19.8 Å². The number of hydrogen-bond acceptors (Lipinski definition) is 5. The Kier molecular flexibility index (Phi) is 5.96. The monoisotopic (exact) mass is 364 g/mol. The molecule has 1 aromatic rings. The van der Waals surface area contributed by atoms with Crippen LogP contribution in [0.3, 0.4) is 0 Å². The Hall–Kier alpha value is -1.25. The van der Waals surface area contributed by atoms with E-state index in [4.69, 9.17) is 4.74 Å². The molecule has 0 atom stereocenters. The molecule has 98 valence electrons. The molecule has 0 saturated carbocycles. The molecule has 0 saturated heterocycles. The summed E-state index contributed by atoms with van der Waals surface area (Å²) in [4.78, 5) is 38.1. The standard InChI is InChI=1S/C11H13IN2O4/c1-2-18-10(16)4-3-8(15)6-14-7-13-5-9(12)11(14)17/h5,7H,2-4,6H2,1H3. The summed E-state index contributed by atoms with van der Waals surface area (Å²) in [6.07, 6.45) is 2.85. The average molecular weight is 364 g/mol. The number of carbonyl (C=O) groups excluding carboxylic acids is 2. The van der Waals surface area contributed by atoms with Crippen molar-refractivity contribution >= 4 is 34.3 Å². The third-order valence-electron chi connectivity index (χ3n) is 2.12. The first-order valence-corrected chi connectivity index (χ1v) is 6.49. The first-order chi connectivity index (χ1) is 8.54. The van der Waals surface area contributed by atoms with Gasteiger partial charge in [0, 0.05) is 12.6 Å². The molecule has 1 aromatic heterocycles. The Morgan fingerprint density at radius 2 is 2.17 bits per heavy atom. The molecule has 0 unspecified atom stereocenters. The van der Waals surface area contributed by atoms with Gasteiger partial charge in [0.1, 0.15) is 0 Å². The van der Waals surface area contributed by atoms with Crippen molar-refractivity contribution in [2.75, 3.05) is 6.61 Å². The minimum atomic E-state index is -0.404. The van der Waals surface area contributed by atoms with Crippen LogP contribution in [0.15, 0.2) is 17.3 Å². The van der Waals surface area contributed by atoms with Crippen LogP contribution in [0, 0.1) is 3.57 Å². The van der Waals surface area contributed by atoms with Gasteiger partial charge in [-0.05, 0) is 29.5 Å². The molecular formula is C11H13IN2O4. The number of aromatic nitrogens is 2. The van der Waals surface area contributed by atoms with Crippen LogP contribution in [0.5, 0.6) is 0 Å². The number of ketones is 1. The predicted octanol–water partition coefficient (Wildman–Crippen LogP) is 0.760. The molecule has 6 nitrogen and oxygen atoms in total. The number of hydrogen-bond donors (Lipinski definition) is 0. The largest absolute Gasteiger partial charge is 0.466 e. The lowest BCUT2D eigenvalue weighted by Gasteiger charge is -2.04. The van der Waals surface area contributed by atoms with Gasteiger partial charge in [-0.2, -0.15) is 0 Å². The van der Waals surface area contributed by atoms with E-state index >= 15 is 0 Å². The van der Waals surface area contributed by atoms with Crippen molar-refractivity contribution in [1.82, 2.24) is 9.55 Å². The smallest absolute Gasteiger partial charge is 0.306 e. The van der Waals surface area contributed by atoms with Crippen molar-refractivity contribution < 1.29 is 14.3 Å². The Bertz CT molecular complexity index is 498. The zero-order valence-corrected chi connectivity index (χ0v) is 12.0. The van der Waals surface area contributed by atoms with Crippen LogP contribution in [-0.2, 0) is 20.9 Å². The fourth-order valence-corrected chi connectivity index (χ4v) is 1.75. The number of esters is 1. The van der Waals surface area contributed by atoms with E-state index in [1.54, 1.807) is 6.92 Å². The van der Waals surface area contributed by atoms with Crippen molar-refractivity contribution in [1.29, 1.82) is 0 Å². The van der Waals surface area contributed by atoms with Crippen LogP contribution in [0.4, 0.5) is 0 Å². The van der Waals surface area contributed by atoms with E-state index in [9.17, 15) is 14.4 Å². The number of Topliss-reactive ketones (excluding diaryl/α,β-unsaturated/α-hetero) is 1. The summed E-state index contributed by atoms with van der Waals surface area (Å²) in [5, 5.41) is 0. The van der Waals surface area contributed by atoms with E-state index in [-0.39, 0.29) is 30.7 Å². The molecule has 0 fully saturated rings. The molecule has 18 heavy (non-hydrogen) atoms. The zero-order chi connectivity index (χ0) is 13.5. The van der Waals surface area contributed by atoms with Crippen LogP contribution in [0.25, 0.3) is 0 Å². The fraction of sp³-hybridized carbons (Fsp3) is 0.455. The molecule has 0 spiro atoms. The highest BCUT2D eigenvalue weighted by molar-refractivity contribution is 14.1. The minimum Gasteiger partial charge on any atom is -0.466 e. The Balaban J connectivity index is 2.53. The van der Waals surface area contributed by atoms with Gasteiger partial charge >= 0.3 is 5.97 Å². The summed E-state index contributed by atoms with van der Waals surface area (Å²) in [5.74, 6) is -0.604. The first kappa shape index (κ1) is 14.8. The molecular weight excluding hydrogens is 351 g/mol. The summed E-state index contributed by atoms with van der Waals surface area (Å²) >= 11 is 1.86. The molecule has 0 amide bonds. The van der Waals surface area contributed by atoms with Crippen LogP contribution < -0.4 is 5.56 Å². The summed E-state index contributed by atoms with van der Waals surface area (Å²) in [5.41, 5.74) is -0.255. The van der Waals surface area contributed by atoms with Crippen molar-refractivity contribution in [3.8, 4) is 0 Å². The van der Waals surface area contributed by atoms with Gasteiger partial charge in [0.05, 0.1) is 29.5 Å². The summed E-state index contributed by atoms with van der Waals surface area (Å²) in [7, 11) is 0. The number of halogens is 1. The van der Waals surface area contributed by atoms with E-state index in [0.717, 1.165) is 0 Å². The molecule has 0 aromatic carbocycles. The Morgan fingerprint density at radius 3 is 2.83 bits per heavy atom. The molecule has 1 rings (SSSR count). The molecule has 0 N–H and O–H groups in total. The minimum absolute atomic E-state index is 0.0405. The fourth-order valence-electron chi connectivity index (χ4n) is 1.28. The van der Waals surface area contributed by atoms with E-state index in [1.165, 1.54) is 17.1 Å². The average Bonchev–Trinajstić information content (AvgIpc) is 2.33. The first-order valence-electron chi connectivity index (χ1n) is 5.42. The normalized spacial score (nSPS) is 10.1. The van der Waals surface area contributed by atoms with Gasteiger partial charge < -0.3 is 4.74 Å². The molecule has 0 bridgehead atoms. The number of carbonyl (C=O) groups is 2. The SMILES string of the molecule is CCOC(=O)CCC(=O)Cn1cncc(I)c1=O. The molecule has 0 radical (unpaired) electrons. The van der Waals surface area contributed by atoms with E-state index in [0.29, 0.717) is 10.2 Å². The summed E-state index contributed by atoms with van der Waals surface area (Å²) in [6.45, 7) is 1.94. The van der Waals surface area contributed by atoms with Crippen molar-refractivity contribution in [2.45, 2.75) is 26.3 Å². The lowest BCUT2D eigenvalue weighted by Crippen LogP contribution is -2.26. The third-order valence-corrected chi connectivity index (χ3v) is 2.86. The van der Waals surface area contributed by atoms with Gasteiger partial charge in [-0.25, -0.2) is 4.98 Å². The van der Waals surface area contributed by atoms with Gasteiger partial charge in [0.15, 0.2) is 5.78 Å². The molecule has 0 aliphatic heterocycles. The maximum absolute atomic E-state index is 11.6. The van der Waals surface area contributed by atoms with Crippen molar-refractivity contribution in [3.05, 3.63) is 26.4 Å². The zero-order valence-electron chi connectivity index (χ0n) is 9.89. The second-order valence-corrected chi connectivity index (χ2v) is 4.68. The number of rotatable bonds is 6. The molecule has 1 heterocycles. The van der Waals surface area contributed by atoms with Gasteiger partial charge in [-0.1, -0.05) is 0 Å². The quantitative estimate of drug-likeness (QED) is 0.550. The van der Waals surface area contributed by atoms with E-state index < -0.39 is 5.97 Å². The second kappa shape index (κ2) is 7.24. The predicted molar refractivity (Wildman–Crippen MR) is 72.1 cm³/mol. The molecule has 0 aliphatic rings. The summed E-state index contributed by atoms with van der Waals surface area (Å²) in [6, 6.07) is 0. The highest BCUT2D eigenvalue weighted by Gasteiger charge is 2.10. The van der Waals surface area contributed by atoms with Crippen LogP contribution in [0.2, 0.25) is 0 Å². The van der Waals surface area contributed by atoms with Gasteiger partial charge in [-0.15, -0.1) is 0 Å². The van der Waals surface area contributed by atoms with E-state index in [2.05, 4.69) is 4.98 Å². The highest BCUT2D eigenvalue weighted by atomic mass is 127. The van der Waals surface area contributed by atoms with Crippen LogP contribution >= 0.6 is 22.6 Å². The maximum Gasteiger partial charge on any atom is 0.306 e. The molecule has 0 aliphatic carbocycles. The maximum atomic E-state index is 11.6. The second-order valence-electron chi connectivity index (χ2n) is 3.52. The summed E-state index contributed by atoms with van der Waals surface area (Å²) < 4.78 is 6.40. The van der Waals surface area contributed by atoms with Crippen molar-refractivity contribution in [3.63, 3.8) is 0 Å². The highest BCUT2D eigenvalue weighted by Crippen LogP contribution is 1.98. The number of ether oxygens (including phenoxy) is 1. The van der Waals surface area contributed by atoms with Crippen LogP contribution in [-0.4, -0.2) is 27.9 Å². The Labute approximate surface area is 117 Å².